The van der Waals surface area contributed by atoms with Gasteiger partial charge in [0.1, 0.15) is 31.7 Å². The Morgan fingerprint density at radius 3 is 1.57 bits per heavy atom. The van der Waals surface area contributed by atoms with Gasteiger partial charge < -0.3 is 5.73 Å². The molecule has 8 nitrogen and oxygen atoms in total. The predicted molar refractivity (Wildman–Crippen MR) is 121 cm³/mol. The Kier molecular flexibility index (Phi) is 13.3. The molecule has 0 amide bonds. The van der Waals surface area contributed by atoms with Gasteiger partial charge in [-0.25, -0.2) is 30.0 Å². The van der Waals surface area contributed by atoms with Crippen LogP contribution in [0.4, 0.5) is 0 Å². The Hall–Kier alpha value is -3.78. The van der Waals surface area contributed by atoms with Gasteiger partial charge >= 0.3 is 0 Å². The zero-order valence-electron chi connectivity index (χ0n) is 15.2. The number of nitrogens with two attached hydrogens (primary N) is 2. The molecule has 1 aliphatic heterocycles. The molecule has 0 aromatic rings. The van der Waals surface area contributed by atoms with E-state index in [9.17, 15) is 0 Å². The van der Waals surface area contributed by atoms with E-state index in [0.717, 1.165) is 0 Å². The lowest BCUT2D eigenvalue weighted by atomic mass is 10.3. The Morgan fingerprint density at radius 1 is 0.500 bits per heavy atom. The number of hydrogen-bond acceptors (Lipinski definition) is 8. The van der Waals surface area contributed by atoms with Crippen LogP contribution in [0, 0.1) is 12.6 Å². The summed E-state index contributed by atoms with van der Waals surface area (Å²) in [6, 6.07) is 0. The van der Waals surface area contributed by atoms with E-state index < -0.39 is 0 Å². The Labute approximate surface area is 165 Å². The molecule has 0 bridgehead atoms. The summed E-state index contributed by atoms with van der Waals surface area (Å²) in [5.41, 5.74) is 11.9. The van der Waals surface area contributed by atoms with Gasteiger partial charge in [0, 0.05) is 12.6 Å². The van der Waals surface area contributed by atoms with Crippen molar-refractivity contribution in [3.63, 3.8) is 0 Å². The average molecular weight is 374 g/mol. The zero-order valence-corrected chi connectivity index (χ0v) is 15.2. The number of hydrogen-bond donors (Lipinski definition) is 2. The summed E-state index contributed by atoms with van der Waals surface area (Å²) in [5, 5.41) is 0. The van der Waals surface area contributed by atoms with E-state index in [0.29, 0.717) is 5.70 Å². The summed E-state index contributed by atoms with van der Waals surface area (Å²) in [7, 11) is 0. The molecule has 142 valence electrons. The molecule has 0 fully saturated rings. The third kappa shape index (κ3) is 13.5. The predicted octanol–water partition coefficient (Wildman–Crippen LogP) is 2.49. The van der Waals surface area contributed by atoms with Crippen molar-refractivity contribution in [3.05, 3.63) is 85.1 Å². The van der Waals surface area contributed by atoms with Gasteiger partial charge in [0.05, 0.1) is 5.70 Å². The van der Waals surface area contributed by atoms with Gasteiger partial charge in [0.25, 0.3) is 0 Å². The molecule has 1 heterocycles. The molecule has 0 saturated heterocycles. The molecule has 2 radical (unpaired) electrons. The monoisotopic (exact) mass is 374 g/mol. The first-order valence-corrected chi connectivity index (χ1v) is 8.18. The van der Waals surface area contributed by atoms with Gasteiger partial charge in [-0.3, -0.25) is 5.73 Å². The van der Waals surface area contributed by atoms with Crippen molar-refractivity contribution in [1.82, 2.24) is 0 Å². The minimum Gasteiger partial charge on any atom is -0.399 e. The Bertz CT molecular complexity index is 787. The number of nitrogens with zero attached hydrogens (tertiary/aromatic N) is 6. The summed E-state index contributed by atoms with van der Waals surface area (Å²) in [6.45, 7) is 0. The van der Waals surface area contributed by atoms with Crippen molar-refractivity contribution in [3.8, 4) is 0 Å². The first-order valence-electron chi connectivity index (χ1n) is 8.18. The highest BCUT2D eigenvalue weighted by molar-refractivity contribution is 5.85. The maximum atomic E-state index is 5.81. The second kappa shape index (κ2) is 16.7. The van der Waals surface area contributed by atoms with Gasteiger partial charge in [-0.05, 0) is 6.08 Å². The van der Waals surface area contributed by atoms with E-state index in [1.54, 1.807) is 24.8 Å². The van der Waals surface area contributed by atoms with Crippen LogP contribution >= 0.6 is 0 Å². The standard InChI is InChI=1S/C20H22N8/c21-19-12-10-8-6-4-2-1-3-5-7-9-11-13-23-14-24-15-25-16-26-17-27-18-28-20(19)22/h1-18H,21-22H2/b2-1+,5-3+,6-4+,9-7+,10-8+,19-12+,23-13?,24-14?,25-15?,26-16?,27-17?,28-18-. The summed E-state index contributed by atoms with van der Waals surface area (Å²) >= 11 is 0. The van der Waals surface area contributed by atoms with E-state index in [-0.39, 0.29) is 6.17 Å². The second-order valence-corrected chi connectivity index (χ2v) is 4.73. The molecule has 0 atom stereocenters. The van der Waals surface area contributed by atoms with E-state index in [1.807, 2.05) is 54.7 Å². The molecule has 28 heavy (non-hydrogen) atoms. The number of aliphatic imine (C=N–C) groups is 6. The molecule has 1 aliphatic rings. The molecule has 0 aromatic carbocycles. The average Bonchev–Trinajstić information content (AvgIpc) is 2.70. The summed E-state index contributed by atoms with van der Waals surface area (Å²) < 4.78 is 0. The molecule has 1 rings (SSSR count). The normalized spacial score (nSPS) is 26.1. The van der Waals surface area contributed by atoms with E-state index in [4.69, 9.17) is 11.5 Å². The van der Waals surface area contributed by atoms with Crippen molar-refractivity contribution in [1.29, 1.82) is 0 Å². The highest BCUT2D eigenvalue weighted by Gasteiger charge is 2.01. The summed E-state index contributed by atoms with van der Waals surface area (Å²) in [6.07, 6.45) is 30.3. The SMILES string of the molecule is N[C]1/N=C\N=CN=CN=CN=CN=C[CH]/C=C/C=C/C=C/C=C/C=C/C=C\1N. The maximum absolute atomic E-state index is 5.81. The molecule has 0 aliphatic carbocycles. The fourth-order valence-electron chi connectivity index (χ4n) is 1.40. The maximum Gasteiger partial charge on any atom is 0.194 e. The van der Waals surface area contributed by atoms with Crippen LogP contribution in [0.1, 0.15) is 0 Å². The van der Waals surface area contributed by atoms with Gasteiger partial charge in [-0.1, -0.05) is 60.8 Å². The largest absolute Gasteiger partial charge is 0.399 e. The number of allylic oxidation sites excluding steroid dienone is 11. The number of rotatable bonds is 0. The highest BCUT2D eigenvalue weighted by atomic mass is 15.0. The van der Waals surface area contributed by atoms with Crippen LogP contribution in [0.15, 0.2) is 102 Å². The van der Waals surface area contributed by atoms with Gasteiger partial charge in [0.2, 0.25) is 0 Å². The lowest BCUT2D eigenvalue weighted by molar-refractivity contribution is 0.997. The van der Waals surface area contributed by atoms with Crippen molar-refractivity contribution in [2.24, 2.45) is 41.4 Å². The van der Waals surface area contributed by atoms with Crippen LogP contribution in [0.5, 0.6) is 0 Å². The van der Waals surface area contributed by atoms with Crippen LogP contribution in [0.2, 0.25) is 0 Å². The fourth-order valence-corrected chi connectivity index (χ4v) is 1.40. The first kappa shape index (κ1) is 22.3. The highest BCUT2D eigenvalue weighted by Crippen LogP contribution is 2.01. The minimum absolute atomic E-state index is 0.152. The van der Waals surface area contributed by atoms with Crippen molar-refractivity contribution < 1.29 is 0 Å². The van der Waals surface area contributed by atoms with Crippen molar-refractivity contribution >= 4 is 37.9 Å². The lowest BCUT2D eigenvalue weighted by Gasteiger charge is -2.01. The van der Waals surface area contributed by atoms with E-state index in [1.165, 1.54) is 31.7 Å². The second-order valence-electron chi connectivity index (χ2n) is 4.73. The molecular formula is C20H22N8. The molecule has 0 aromatic heterocycles. The van der Waals surface area contributed by atoms with Crippen molar-refractivity contribution in [2.45, 2.75) is 0 Å². The summed E-state index contributed by atoms with van der Waals surface area (Å²) in [4.78, 5) is 23.1. The smallest absolute Gasteiger partial charge is 0.194 e. The molecule has 0 saturated carbocycles. The van der Waals surface area contributed by atoms with Gasteiger partial charge in [0.15, 0.2) is 6.17 Å². The summed E-state index contributed by atoms with van der Waals surface area (Å²) in [5.74, 6) is 0. The minimum atomic E-state index is 0.152. The van der Waals surface area contributed by atoms with Gasteiger partial charge in [-0.15, -0.1) is 0 Å². The van der Waals surface area contributed by atoms with Crippen LogP contribution in [-0.4, -0.2) is 37.9 Å². The van der Waals surface area contributed by atoms with Crippen LogP contribution < -0.4 is 11.5 Å². The third-order valence-corrected chi connectivity index (χ3v) is 2.65. The fraction of sp³-hybridized carbons (Fsp3) is 0. The topological polar surface area (TPSA) is 126 Å². The molecule has 0 spiro atoms. The molecule has 8 heteroatoms. The van der Waals surface area contributed by atoms with E-state index in [2.05, 4.69) is 30.0 Å². The van der Waals surface area contributed by atoms with Gasteiger partial charge in [-0.2, -0.15) is 0 Å². The molecule has 0 unspecified atom stereocenters. The lowest BCUT2D eigenvalue weighted by Crippen LogP contribution is -2.16. The Morgan fingerprint density at radius 2 is 0.964 bits per heavy atom. The van der Waals surface area contributed by atoms with Crippen LogP contribution in [-0.2, 0) is 0 Å². The first-order chi connectivity index (χ1) is 13.8. The van der Waals surface area contributed by atoms with E-state index >= 15 is 0 Å². The molecular weight excluding hydrogens is 352 g/mol. The third-order valence-electron chi connectivity index (χ3n) is 2.65. The molecule has 4 N–H and O–H groups in total. The Balaban J connectivity index is 2.76. The van der Waals surface area contributed by atoms with Crippen molar-refractivity contribution in [2.75, 3.05) is 0 Å². The van der Waals surface area contributed by atoms with Crippen LogP contribution in [0.25, 0.3) is 0 Å². The quantitative estimate of drug-likeness (QED) is 0.676. The van der Waals surface area contributed by atoms with Crippen LogP contribution in [0.3, 0.4) is 0 Å². The zero-order chi connectivity index (χ0) is 20.1.